The molecular weight excluding hydrogens is 464 g/mol. The fraction of sp³-hybridized carbons (Fsp3) is 0.318. The number of ether oxygens (including phenoxy) is 2. The highest BCUT2D eigenvalue weighted by Crippen LogP contribution is 2.55. The van der Waals surface area contributed by atoms with Gasteiger partial charge in [-0.15, -0.1) is 0 Å². The molecule has 0 amide bonds. The van der Waals surface area contributed by atoms with Crippen molar-refractivity contribution in [3.8, 4) is 5.75 Å². The summed E-state index contributed by atoms with van der Waals surface area (Å²) in [6.45, 7) is -0.135. The molecule has 0 aliphatic carbocycles. The van der Waals surface area contributed by atoms with Gasteiger partial charge >= 0.3 is 0 Å². The van der Waals surface area contributed by atoms with Crippen molar-refractivity contribution in [2.75, 3.05) is 13.2 Å². The fourth-order valence-corrected chi connectivity index (χ4v) is 7.27. The molecule has 0 radical (unpaired) electrons. The quantitative estimate of drug-likeness (QED) is 0.552. The largest absolute Gasteiger partial charge is 0.490 e. The van der Waals surface area contributed by atoms with E-state index in [4.69, 9.17) is 25.6 Å². The average Bonchev–Trinajstić information content (AvgIpc) is 3.29. The van der Waals surface area contributed by atoms with Crippen molar-refractivity contribution in [2.45, 2.75) is 28.6 Å². The monoisotopic (exact) mass is 481 g/mol. The maximum absolute atomic E-state index is 15.3. The Morgan fingerprint density at radius 2 is 1.84 bits per heavy atom. The first-order valence-electron chi connectivity index (χ1n) is 9.97. The molecule has 3 heterocycles. The van der Waals surface area contributed by atoms with Crippen LogP contribution in [-0.2, 0) is 25.7 Å². The van der Waals surface area contributed by atoms with Gasteiger partial charge in [0.15, 0.2) is 21.4 Å². The Balaban J connectivity index is 1.74. The van der Waals surface area contributed by atoms with Gasteiger partial charge in [-0.2, -0.15) is 0 Å². The normalized spacial score (nSPS) is 25.0. The Hall–Kier alpha value is -2.49. The minimum Gasteiger partial charge on any atom is -0.490 e. The van der Waals surface area contributed by atoms with Crippen LogP contribution < -0.4 is 4.74 Å². The predicted octanol–water partition coefficient (Wildman–Crippen LogP) is 4.32. The van der Waals surface area contributed by atoms with Crippen LogP contribution in [0.1, 0.15) is 17.7 Å². The Bertz CT molecular complexity index is 1250. The molecule has 2 aliphatic heterocycles. The lowest BCUT2D eigenvalue weighted by atomic mass is 9.75. The van der Waals surface area contributed by atoms with Crippen LogP contribution in [0.5, 0.6) is 5.75 Å². The summed E-state index contributed by atoms with van der Waals surface area (Å²) >= 11 is 5.95. The fourth-order valence-electron chi connectivity index (χ4n) is 4.80. The van der Waals surface area contributed by atoms with E-state index in [0.29, 0.717) is 10.7 Å². The van der Waals surface area contributed by atoms with E-state index in [1.165, 1.54) is 30.5 Å². The van der Waals surface area contributed by atoms with Crippen LogP contribution in [0.2, 0.25) is 5.02 Å². The van der Waals surface area contributed by atoms with Crippen molar-refractivity contribution >= 4 is 21.4 Å². The average molecular weight is 482 g/mol. The molecule has 3 aromatic rings. The molecule has 0 saturated carbocycles. The van der Waals surface area contributed by atoms with E-state index < -0.39 is 38.2 Å². The number of fused-ring (bicyclic) bond motifs is 3. The van der Waals surface area contributed by atoms with E-state index in [0.717, 1.165) is 12.1 Å². The molecule has 10 heteroatoms. The number of halogens is 3. The Labute approximate surface area is 188 Å². The topological polar surface area (TPSA) is 78.6 Å². The van der Waals surface area contributed by atoms with Gasteiger partial charge < -0.3 is 14.0 Å². The number of hydrogen-bond donors (Lipinski definition) is 0. The van der Waals surface area contributed by atoms with Crippen LogP contribution in [-0.4, -0.2) is 32.9 Å². The zero-order chi connectivity index (χ0) is 22.5. The molecule has 168 valence electrons. The van der Waals surface area contributed by atoms with Crippen LogP contribution in [0.25, 0.3) is 0 Å². The van der Waals surface area contributed by atoms with Crippen molar-refractivity contribution in [1.82, 2.24) is 5.16 Å². The van der Waals surface area contributed by atoms with E-state index >= 15 is 4.39 Å². The summed E-state index contributed by atoms with van der Waals surface area (Å²) in [6.07, 6.45) is 0.896. The van der Waals surface area contributed by atoms with Gasteiger partial charge in [0.05, 0.1) is 28.9 Å². The molecule has 6 nitrogen and oxygen atoms in total. The predicted molar refractivity (Wildman–Crippen MR) is 110 cm³/mol. The lowest BCUT2D eigenvalue weighted by Crippen LogP contribution is -2.58. The first-order chi connectivity index (χ1) is 15.3. The third kappa shape index (κ3) is 3.14. The number of benzene rings is 2. The SMILES string of the molecule is O=S(=O)(c1ccc(Cl)cc1)C12CCOC(Cc3ccon3)C1COc1c(F)ccc(F)c12. The molecule has 3 unspecified atom stereocenters. The molecule has 0 spiro atoms. The van der Waals surface area contributed by atoms with E-state index in [1.54, 1.807) is 6.07 Å². The molecule has 5 rings (SSSR count). The van der Waals surface area contributed by atoms with Gasteiger partial charge in [-0.3, -0.25) is 0 Å². The highest BCUT2D eigenvalue weighted by Gasteiger charge is 2.61. The second-order valence-corrected chi connectivity index (χ2v) is 10.5. The van der Waals surface area contributed by atoms with Crippen molar-refractivity contribution in [1.29, 1.82) is 0 Å². The standard InChI is InChI=1S/C22H18ClF2NO5S/c23-13-1-3-15(4-2-13)32(27,28)22-8-10-29-19(11-14-7-9-31-26-14)16(22)12-30-21-18(25)6-5-17(24)20(21)22/h1-7,9,16,19H,8,10-12H2. The molecule has 0 N–H and O–H groups in total. The van der Waals surface area contributed by atoms with Crippen LogP contribution in [0.15, 0.2) is 58.1 Å². The molecule has 3 atom stereocenters. The van der Waals surface area contributed by atoms with Crippen molar-refractivity contribution in [3.63, 3.8) is 0 Å². The third-order valence-electron chi connectivity index (χ3n) is 6.25. The zero-order valence-electron chi connectivity index (χ0n) is 16.6. The Morgan fingerprint density at radius 1 is 1.09 bits per heavy atom. The first-order valence-corrected chi connectivity index (χ1v) is 11.8. The summed E-state index contributed by atoms with van der Waals surface area (Å²) in [4.78, 5) is -0.0366. The molecule has 1 aromatic heterocycles. The number of sulfone groups is 1. The summed E-state index contributed by atoms with van der Waals surface area (Å²) in [5.74, 6) is -2.85. The molecule has 1 fully saturated rings. The molecular formula is C22H18ClF2NO5S. The lowest BCUT2D eigenvalue weighted by Gasteiger charge is -2.50. The van der Waals surface area contributed by atoms with Crippen LogP contribution in [0.3, 0.4) is 0 Å². The van der Waals surface area contributed by atoms with E-state index in [2.05, 4.69) is 5.16 Å². The van der Waals surface area contributed by atoms with Gasteiger partial charge in [-0.05, 0) is 42.8 Å². The molecule has 32 heavy (non-hydrogen) atoms. The second-order valence-electron chi connectivity index (χ2n) is 7.85. The summed E-state index contributed by atoms with van der Waals surface area (Å²) < 4.78 is 72.9. The molecule has 1 saturated heterocycles. The number of nitrogens with zero attached hydrogens (tertiary/aromatic N) is 1. The maximum Gasteiger partial charge on any atom is 0.189 e. The van der Waals surface area contributed by atoms with Gasteiger partial charge in [-0.1, -0.05) is 16.8 Å². The summed E-state index contributed by atoms with van der Waals surface area (Å²) in [5, 5.41) is 4.24. The number of hydrogen-bond acceptors (Lipinski definition) is 6. The van der Waals surface area contributed by atoms with Gasteiger partial charge in [0.2, 0.25) is 0 Å². The van der Waals surface area contributed by atoms with E-state index in [1.807, 2.05) is 0 Å². The minimum absolute atomic E-state index is 0.0290. The van der Waals surface area contributed by atoms with Gasteiger partial charge in [0.25, 0.3) is 0 Å². The lowest BCUT2D eigenvalue weighted by molar-refractivity contribution is -0.0723. The summed E-state index contributed by atoms with van der Waals surface area (Å²) in [6, 6.07) is 9.16. The summed E-state index contributed by atoms with van der Waals surface area (Å²) in [5.41, 5.74) is 0.261. The van der Waals surface area contributed by atoms with Gasteiger partial charge in [0.1, 0.15) is 16.8 Å². The van der Waals surface area contributed by atoms with Crippen LogP contribution in [0, 0.1) is 17.6 Å². The van der Waals surface area contributed by atoms with Gasteiger partial charge in [0, 0.05) is 30.0 Å². The maximum atomic E-state index is 15.3. The van der Waals surface area contributed by atoms with Crippen molar-refractivity contribution in [3.05, 3.63) is 76.6 Å². The number of rotatable bonds is 4. The van der Waals surface area contributed by atoms with Gasteiger partial charge in [-0.25, -0.2) is 17.2 Å². The highest BCUT2D eigenvalue weighted by atomic mass is 35.5. The molecule has 2 aliphatic rings. The van der Waals surface area contributed by atoms with E-state index in [-0.39, 0.29) is 42.3 Å². The summed E-state index contributed by atoms with van der Waals surface area (Å²) in [7, 11) is -4.23. The van der Waals surface area contributed by atoms with E-state index in [9.17, 15) is 12.8 Å². The second kappa shape index (κ2) is 7.83. The first kappa shape index (κ1) is 21.4. The van der Waals surface area contributed by atoms with Crippen molar-refractivity contribution < 1.29 is 31.2 Å². The zero-order valence-corrected chi connectivity index (χ0v) is 18.2. The smallest absolute Gasteiger partial charge is 0.189 e. The molecule has 0 bridgehead atoms. The van der Waals surface area contributed by atoms with Crippen LogP contribution in [0.4, 0.5) is 8.78 Å². The highest BCUT2D eigenvalue weighted by molar-refractivity contribution is 7.92. The van der Waals surface area contributed by atoms with Crippen LogP contribution >= 0.6 is 11.6 Å². The third-order valence-corrected chi connectivity index (χ3v) is 9.06. The van der Waals surface area contributed by atoms with Crippen molar-refractivity contribution in [2.24, 2.45) is 5.92 Å². The Morgan fingerprint density at radius 3 is 2.56 bits per heavy atom. The number of aromatic nitrogens is 1. The minimum atomic E-state index is -4.23. The molecule has 2 aromatic carbocycles. The Kier molecular flexibility index (Phi) is 5.22.